The number of nitrogens with zero attached hydrogens (tertiary/aromatic N) is 2. The van der Waals surface area contributed by atoms with E-state index in [4.69, 9.17) is 18.9 Å². The average molecular weight is 657 g/mol. The molecule has 0 N–H and O–H groups in total. The Morgan fingerprint density at radius 1 is 1.35 bits per heavy atom. The molecule has 0 unspecified atom stereocenters. The van der Waals surface area contributed by atoms with E-state index < -0.39 is 12.0 Å². The largest absolute Gasteiger partial charge is 0.497 e. The van der Waals surface area contributed by atoms with Gasteiger partial charge in [0.05, 0.1) is 40.0 Å². The molecule has 0 bridgehead atoms. The second kappa shape index (κ2) is 10.6. The smallest absolute Gasteiger partial charge is 0.338 e. The van der Waals surface area contributed by atoms with Gasteiger partial charge >= 0.3 is 5.97 Å². The highest BCUT2D eigenvalue weighted by molar-refractivity contribution is 14.1. The van der Waals surface area contributed by atoms with Crippen molar-refractivity contribution < 1.29 is 18.7 Å². The van der Waals surface area contributed by atoms with Crippen LogP contribution in [-0.4, -0.2) is 24.3 Å². The van der Waals surface area contributed by atoms with Crippen molar-refractivity contribution in [2.24, 2.45) is 4.99 Å². The molecule has 0 amide bonds. The fourth-order valence-corrected chi connectivity index (χ4v) is 5.53. The number of fused-ring (bicyclic) bond motifs is 1. The van der Waals surface area contributed by atoms with Gasteiger partial charge in [0.15, 0.2) is 8.57 Å². The molecule has 34 heavy (non-hydrogen) atoms. The second-order valence-electron chi connectivity index (χ2n) is 7.46. The van der Waals surface area contributed by atoms with Gasteiger partial charge < -0.3 is 13.9 Å². The molecule has 0 fully saturated rings. The van der Waals surface area contributed by atoms with E-state index in [1.54, 1.807) is 24.7 Å². The molecule has 0 spiro atoms. The normalized spacial score (nSPS) is 15.8. The first-order chi connectivity index (χ1) is 16.4. The van der Waals surface area contributed by atoms with E-state index in [0.29, 0.717) is 42.3 Å². The van der Waals surface area contributed by atoms with Crippen LogP contribution in [0.5, 0.6) is 5.75 Å². The number of methoxy groups -OCH3 is 1. The number of benzene rings is 1. The van der Waals surface area contributed by atoms with Crippen LogP contribution in [0.3, 0.4) is 0 Å². The minimum absolute atomic E-state index is 0.225. The van der Waals surface area contributed by atoms with Crippen molar-refractivity contribution in [3.8, 4) is 5.75 Å². The number of carbonyl (C=O) groups excluding carboxylic acids is 1. The first-order valence-electron chi connectivity index (χ1n) is 10.7. The number of aromatic nitrogens is 1. The summed E-state index contributed by atoms with van der Waals surface area (Å²) in [5.41, 5.74) is 1.51. The van der Waals surface area contributed by atoms with Gasteiger partial charge in [-0.15, -0.1) is 0 Å². The number of ether oxygens (including phenoxy) is 2. The molecule has 1 atom stereocenters. The summed E-state index contributed by atoms with van der Waals surface area (Å²) in [6.07, 6.45) is 3.08. The molecule has 1 aromatic carbocycles. The number of hydrogen-bond donors (Lipinski definition) is 0. The summed E-state index contributed by atoms with van der Waals surface area (Å²) in [5.74, 6) is 0.714. The maximum atomic E-state index is 13.7. The summed E-state index contributed by atoms with van der Waals surface area (Å²) in [6.45, 7) is 4.01. The van der Waals surface area contributed by atoms with Crippen LogP contribution in [0.4, 0.5) is 0 Å². The summed E-state index contributed by atoms with van der Waals surface area (Å²) in [4.78, 5) is 32.1. The van der Waals surface area contributed by atoms with Gasteiger partial charge in [-0.2, -0.15) is 0 Å². The van der Waals surface area contributed by atoms with Crippen LogP contribution < -0.4 is 19.6 Å². The number of halogens is 2. The third-order valence-electron chi connectivity index (χ3n) is 5.24. The quantitative estimate of drug-likeness (QED) is 0.275. The lowest BCUT2D eigenvalue weighted by molar-refractivity contribution is -0.139. The lowest BCUT2D eigenvalue weighted by Gasteiger charge is -2.26. The molecule has 0 saturated carbocycles. The van der Waals surface area contributed by atoms with E-state index in [9.17, 15) is 9.59 Å². The number of hydrogen-bond acceptors (Lipinski definition) is 7. The molecule has 1 aliphatic heterocycles. The van der Waals surface area contributed by atoms with Crippen LogP contribution in [0, 0.1) is 3.77 Å². The van der Waals surface area contributed by atoms with Crippen molar-refractivity contribution in [2.75, 3.05) is 13.7 Å². The molecule has 4 rings (SSSR count). The van der Waals surface area contributed by atoms with Gasteiger partial charge in [0, 0.05) is 28.7 Å². The number of carbonyl (C=O) groups is 1. The van der Waals surface area contributed by atoms with Gasteiger partial charge in [0.25, 0.3) is 5.56 Å². The van der Waals surface area contributed by atoms with Crippen molar-refractivity contribution >= 4 is 61.9 Å². The molecule has 2 aromatic heterocycles. The van der Waals surface area contributed by atoms with Gasteiger partial charge in [0.1, 0.15) is 11.5 Å². The Labute approximate surface area is 222 Å². The minimum atomic E-state index is -0.683. The molecule has 7 nitrogen and oxygen atoms in total. The summed E-state index contributed by atoms with van der Waals surface area (Å²) in [6, 6.07) is 8.51. The fraction of sp³-hybridized carbons (Fsp3) is 0.292. The van der Waals surface area contributed by atoms with Crippen LogP contribution in [0.1, 0.15) is 44.1 Å². The van der Waals surface area contributed by atoms with Crippen molar-refractivity contribution in [3.05, 3.63) is 80.9 Å². The van der Waals surface area contributed by atoms with E-state index in [1.165, 1.54) is 11.3 Å². The van der Waals surface area contributed by atoms with Gasteiger partial charge in [0.2, 0.25) is 0 Å². The first kappa shape index (κ1) is 24.9. The Hall–Kier alpha value is -2.18. The fourth-order valence-electron chi connectivity index (χ4n) is 3.81. The highest BCUT2D eigenvalue weighted by Crippen LogP contribution is 2.34. The third kappa shape index (κ3) is 4.80. The van der Waals surface area contributed by atoms with Crippen LogP contribution >= 0.6 is 49.9 Å². The predicted molar refractivity (Wildman–Crippen MR) is 142 cm³/mol. The molecule has 0 aliphatic carbocycles. The zero-order valence-electron chi connectivity index (χ0n) is 18.8. The highest BCUT2D eigenvalue weighted by atomic mass is 127. The molecule has 10 heteroatoms. The Balaban J connectivity index is 2.00. The van der Waals surface area contributed by atoms with E-state index in [-0.39, 0.29) is 12.2 Å². The Morgan fingerprint density at radius 2 is 2.15 bits per heavy atom. The molecule has 3 aromatic rings. The summed E-state index contributed by atoms with van der Waals surface area (Å²) < 4.78 is 20.1. The van der Waals surface area contributed by atoms with Gasteiger partial charge in [-0.25, -0.2) is 9.79 Å². The van der Waals surface area contributed by atoms with E-state index in [1.807, 2.05) is 37.3 Å². The van der Waals surface area contributed by atoms with Crippen molar-refractivity contribution in [3.63, 3.8) is 0 Å². The molecular formula is C24H22BrIN2O5S. The Kier molecular flexibility index (Phi) is 7.78. The number of allylic oxidation sites excluding steroid dienone is 1. The third-order valence-corrected chi connectivity index (χ3v) is 8.35. The Morgan fingerprint density at radius 3 is 2.79 bits per heavy atom. The zero-order chi connectivity index (χ0) is 24.4. The SMILES string of the molecule is CCCC1=C(C(=O)OCC)[C@H](c2cccc(OC)c2)n2c(s/c(=C/c3cc(Br)c(I)o3)c2=O)=N1. The number of rotatable bonds is 7. The van der Waals surface area contributed by atoms with E-state index in [2.05, 4.69) is 38.5 Å². The molecule has 0 radical (unpaired) electrons. The van der Waals surface area contributed by atoms with Gasteiger partial charge in [-0.05, 0) is 53.0 Å². The molecule has 178 valence electrons. The lowest BCUT2D eigenvalue weighted by Crippen LogP contribution is -2.40. The van der Waals surface area contributed by atoms with Crippen molar-refractivity contribution in [1.29, 1.82) is 0 Å². The number of esters is 1. The lowest BCUT2D eigenvalue weighted by atomic mass is 9.94. The molecule has 3 heterocycles. The molecule has 1 aliphatic rings. The van der Waals surface area contributed by atoms with E-state index in [0.717, 1.165) is 16.5 Å². The summed E-state index contributed by atoms with van der Waals surface area (Å²) in [7, 11) is 1.58. The zero-order valence-corrected chi connectivity index (χ0v) is 23.3. The predicted octanol–water partition coefficient (Wildman–Crippen LogP) is 4.55. The summed E-state index contributed by atoms with van der Waals surface area (Å²) >= 11 is 6.78. The maximum Gasteiger partial charge on any atom is 0.338 e. The van der Waals surface area contributed by atoms with Crippen molar-refractivity contribution in [1.82, 2.24) is 4.57 Å². The standard InChI is InChI=1S/C24H22BrIN2O5S/c1-4-7-17-19(23(30)32-5-2)20(13-8-6-9-14(10-13)31-3)28-22(29)18(34-24(28)27-17)12-15-11-16(25)21(26)33-15/h6,8-12,20H,4-5,7H2,1-3H3/b18-12+/t20-/m0/s1. The highest BCUT2D eigenvalue weighted by Gasteiger charge is 2.34. The maximum absolute atomic E-state index is 13.7. The first-order valence-corrected chi connectivity index (χ1v) is 13.4. The average Bonchev–Trinajstić information content (AvgIpc) is 3.30. The number of furan rings is 1. The molecule has 0 saturated heterocycles. The van der Waals surface area contributed by atoms with Crippen LogP contribution in [-0.2, 0) is 9.53 Å². The van der Waals surface area contributed by atoms with Gasteiger partial charge in [-0.3, -0.25) is 9.36 Å². The minimum Gasteiger partial charge on any atom is -0.497 e. The van der Waals surface area contributed by atoms with Crippen molar-refractivity contribution in [2.45, 2.75) is 32.7 Å². The van der Waals surface area contributed by atoms with Crippen LogP contribution in [0.15, 0.2) is 60.3 Å². The Bertz CT molecular complexity index is 1430. The monoisotopic (exact) mass is 656 g/mol. The van der Waals surface area contributed by atoms with Crippen LogP contribution in [0.2, 0.25) is 0 Å². The molecular weight excluding hydrogens is 635 g/mol. The van der Waals surface area contributed by atoms with E-state index >= 15 is 0 Å². The number of thiazole rings is 1. The topological polar surface area (TPSA) is 83.0 Å². The second-order valence-corrected chi connectivity index (χ2v) is 10.3. The summed E-state index contributed by atoms with van der Waals surface area (Å²) in [5, 5.41) is 0. The van der Waals surface area contributed by atoms with Gasteiger partial charge in [-0.1, -0.05) is 36.8 Å². The van der Waals surface area contributed by atoms with Crippen LogP contribution in [0.25, 0.3) is 6.08 Å².